The molecule has 1 aliphatic rings. The van der Waals surface area contributed by atoms with Crippen molar-refractivity contribution in [1.82, 2.24) is 10.3 Å². The van der Waals surface area contributed by atoms with Crippen LogP contribution >= 0.6 is 0 Å². The Morgan fingerprint density at radius 3 is 2.93 bits per heavy atom. The van der Waals surface area contributed by atoms with E-state index in [1.807, 2.05) is 6.20 Å². The van der Waals surface area contributed by atoms with E-state index in [0.29, 0.717) is 6.04 Å². The summed E-state index contributed by atoms with van der Waals surface area (Å²) in [7, 11) is 0. The maximum Gasteiger partial charge on any atom is 0.0510 e. The Hall–Kier alpha value is -1.48. The summed E-state index contributed by atoms with van der Waals surface area (Å²) in [6.07, 6.45) is 1.97. The molecule has 0 radical (unpaired) electrons. The average molecular weight is 187 g/mol. The van der Waals surface area contributed by atoms with Gasteiger partial charge in [-0.1, -0.05) is 0 Å². The molecule has 3 nitrogen and oxygen atoms in total. The van der Waals surface area contributed by atoms with Gasteiger partial charge in [-0.3, -0.25) is 0 Å². The van der Waals surface area contributed by atoms with Gasteiger partial charge in [-0.05, 0) is 24.3 Å². The summed E-state index contributed by atoms with van der Waals surface area (Å²) in [5.41, 5.74) is 2.41. The van der Waals surface area contributed by atoms with Crippen LogP contribution in [0.1, 0.15) is 0 Å². The number of aromatic amines is 1. The van der Waals surface area contributed by atoms with E-state index in [9.17, 15) is 0 Å². The molecule has 1 saturated heterocycles. The first kappa shape index (κ1) is 7.88. The number of hydrogen-bond donors (Lipinski definition) is 3. The van der Waals surface area contributed by atoms with Crippen molar-refractivity contribution in [2.45, 2.75) is 6.04 Å². The van der Waals surface area contributed by atoms with Crippen LogP contribution in [-0.2, 0) is 0 Å². The summed E-state index contributed by atoms with van der Waals surface area (Å²) >= 11 is 0. The largest absolute Gasteiger partial charge is 0.380 e. The zero-order valence-electron chi connectivity index (χ0n) is 7.88. The molecule has 1 aromatic heterocycles. The maximum absolute atomic E-state index is 3.48. The van der Waals surface area contributed by atoms with Crippen molar-refractivity contribution in [3.8, 4) is 0 Å². The highest BCUT2D eigenvalue weighted by Crippen LogP contribution is 2.18. The van der Waals surface area contributed by atoms with Gasteiger partial charge in [0, 0.05) is 35.9 Å². The molecule has 2 aromatic rings. The number of anilines is 1. The highest BCUT2D eigenvalue weighted by Gasteiger charge is 2.15. The van der Waals surface area contributed by atoms with Crippen molar-refractivity contribution in [3.63, 3.8) is 0 Å². The number of H-pyrrole nitrogens is 1. The van der Waals surface area contributed by atoms with E-state index in [1.54, 1.807) is 0 Å². The van der Waals surface area contributed by atoms with Gasteiger partial charge in [-0.2, -0.15) is 0 Å². The molecular formula is C11H13N3. The molecule has 0 bridgehead atoms. The minimum absolute atomic E-state index is 0.603. The van der Waals surface area contributed by atoms with Crippen molar-refractivity contribution >= 4 is 16.6 Å². The fourth-order valence-corrected chi connectivity index (χ4v) is 1.77. The fourth-order valence-electron chi connectivity index (χ4n) is 1.77. The summed E-state index contributed by atoms with van der Waals surface area (Å²) < 4.78 is 0. The number of aromatic nitrogens is 1. The Bertz CT molecular complexity index is 442. The highest BCUT2D eigenvalue weighted by atomic mass is 15.1. The molecule has 0 atom stereocenters. The number of nitrogens with one attached hydrogen (secondary N) is 3. The molecule has 1 aromatic carbocycles. The molecule has 0 amide bonds. The standard InChI is InChI=1S/C11H13N3/c1-2-11-8(3-4-13-11)5-9(1)14-10-6-12-7-10/h1-5,10,12-14H,6-7H2. The van der Waals surface area contributed by atoms with Gasteiger partial charge >= 0.3 is 0 Å². The number of rotatable bonds is 2. The Morgan fingerprint density at radius 1 is 1.21 bits per heavy atom. The Balaban J connectivity index is 1.88. The third-order valence-electron chi connectivity index (χ3n) is 2.71. The van der Waals surface area contributed by atoms with Crippen LogP contribution < -0.4 is 10.6 Å². The van der Waals surface area contributed by atoms with Gasteiger partial charge in [-0.15, -0.1) is 0 Å². The van der Waals surface area contributed by atoms with Crippen molar-refractivity contribution in [2.24, 2.45) is 0 Å². The van der Waals surface area contributed by atoms with Crippen LogP contribution in [0.15, 0.2) is 30.5 Å². The van der Waals surface area contributed by atoms with Crippen LogP contribution in [0, 0.1) is 0 Å². The summed E-state index contributed by atoms with van der Waals surface area (Å²) in [5.74, 6) is 0. The topological polar surface area (TPSA) is 39.8 Å². The van der Waals surface area contributed by atoms with Crippen LogP contribution in [0.4, 0.5) is 5.69 Å². The zero-order valence-corrected chi connectivity index (χ0v) is 7.88. The van der Waals surface area contributed by atoms with E-state index in [0.717, 1.165) is 13.1 Å². The lowest BCUT2D eigenvalue weighted by Gasteiger charge is -2.28. The molecular weight excluding hydrogens is 174 g/mol. The number of fused-ring (bicyclic) bond motifs is 1. The second-order valence-electron chi connectivity index (χ2n) is 3.78. The molecule has 3 rings (SSSR count). The Kier molecular flexibility index (Phi) is 1.70. The highest BCUT2D eigenvalue weighted by molar-refractivity contribution is 5.83. The molecule has 72 valence electrons. The molecule has 14 heavy (non-hydrogen) atoms. The Morgan fingerprint density at radius 2 is 2.14 bits per heavy atom. The van der Waals surface area contributed by atoms with Crippen molar-refractivity contribution in [1.29, 1.82) is 0 Å². The summed E-state index contributed by atoms with van der Waals surface area (Å²) in [4.78, 5) is 3.19. The van der Waals surface area contributed by atoms with Gasteiger partial charge in [0.2, 0.25) is 0 Å². The van der Waals surface area contributed by atoms with E-state index < -0.39 is 0 Å². The predicted octanol–water partition coefficient (Wildman–Crippen LogP) is 1.55. The quantitative estimate of drug-likeness (QED) is 0.667. The second kappa shape index (κ2) is 3.03. The van der Waals surface area contributed by atoms with Crippen LogP contribution in [0.3, 0.4) is 0 Å². The third-order valence-corrected chi connectivity index (χ3v) is 2.71. The minimum Gasteiger partial charge on any atom is -0.380 e. The summed E-state index contributed by atoms with van der Waals surface area (Å²) in [6, 6.07) is 9.12. The number of benzene rings is 1. The average Bonchev–Trinajstić information content (AvgIpc) is 2.58. The third kappa shape index (κ3) is 1.26. The zero-order chi connectivity index (χ0) is 9.38. The second-order valence-corrected chi connectivity index (χ2v) is 3.78. The first-order chi connectivity index (χ1) is 6.92. The first-order valence-corrected chi connectivity index (χ1v) is 4.96. The van der Waals surface area contributed by atoms with Crippen LogP contribution in [-0.4, -0.2) is 24.1 Å². The molecule has 0 aliphatic carbocycles. The van der Waals surface area contributed by atoms with Crippen molar-refractivity contribution < 1.29 is 0 Å². The molecule has 0 unspecified atom stereocenters. The molecule has 1 fully saturated rings. The van der Waals surface area contributed by atoms with E-state index >= 15 is 0 Å². The van der Waals surface area contributed by atoms with E-state index in [-0.39, 0.29) is 0 Å². The van der Waals surface area contributed by atoms with Crippen molar-refractivity contribution in [2.75, 3.05) is 18.4 Å². The molecule has 1 aliphatic heterocycles. The molecule has 0 saturated carbocycles. The van der Waals surface area contributed by atoms with E-state index in [1.165, 1.54) is 16.6 Å². The van der Waals surface area contributed by atoms with Gasteiger partial charge in [0.05, 0.1) is 6.04 Å². The predicted molar refractivity (Wildman–Crippen MR) is 58.6 cm³/mol. The molecule has 0 spiro atoms. The van der Waals surface area contributed by atoms with Crippen LogP contribution in [0.5, 0.6) is 0 Å². The summed E-state index contributed by atoms with van der Waals surface area (Å²) in [6.45, 7) is 2.15. The maximum atomic E-state index is 3.48. The van der Waals surface area contributed by atoms with E-state index in [4.69, 9.17) is 0 Å². The van der Waals surface area contributed by atoms with Gasteiger partial charge in [0.1, 0.15) is 0 Å². The Labute approximate surface area is 82.5 Å². The SMILES string of the molecule is c1cc2cc(NC3CNC3)ccc2[nH]1. The molecule has 3 heteroatoms. The first-order valence-electron chi connectivity index (χ1n) is 4.96. The lowest BCUT2D eigenvalue weighted by Crippen LogP contribution is -2.51. The number of hydrogen-bond acceptors (Lipinski definition) is 2. The monoisotopic (exact) mass is 187 g/mol. The van der Waals surface area contributed by atoms with Crippen LogP contribution in [0.25, 0.3) is 10.9 Å². The smallest absolute Gasteiger partial charge is 0.0510 e. The van der Waals surface area contributed by atoms with Gasteiger partial charge < -0.3 is 15.6 Å². The molecule has 3 N–H and O–H groups in total. The van der Waals surface area contributed by atoms with Crippen molar-refractivity contribution in [3.05, 3.63) is 30.5 Å². The lowest BCUT2D eigenvalue weighted by atomic mass is 10.1. The van der Waals surface area contributed by atoms with Gasteiger partial charge in [0.15, 0.2) is 0 Å². The van der Waals surface area contributed by atoms with Gasteiger partial charge in [0.25, 0.3) is 0 Å². The molecule has 2 heterocycles. The van der Waals surface area contributed by atoms with Gasteiger partial charge in [-0.25, -0.2) is 0 Å². The lowest BCUT2D eigenvalue weighted by molar-refractivity contribution is 0.472. The van der Waals surface area contributed by atoms with E-state index in [2.05, 4.69) is 39.9 Å². The normalized spacial score (nSPS) is 16.9. The minimum atomic E-state index is 0.603. The van der Waals surface area contributed by atoms with Crippen LogP contribution in [0.2, 0.25) is 0 Å². The fraction of sp³-hybridized carbons (Fsp3) is 0.273. The summed E-state index contributed by atoms with van der Waals surface area (Å²) in [5, 5.41) is 7.99.